The van der Waals surface area contributed by atoms with E-state index in [-0.39, 0.29) is 20.8 Å². The minimum atomic E-state index is -3.97. The van der Waals surface area contributed by atoms with Gasteiger partial charge in [0, 0.05) is 0 Å². The molecule has 0 rings (SSSR count). The maximum absolute atomic E-state index is 13.3. The van der Waals surface area contributed by atoms with Crippen molar-refractivity contribution in [3.05, 3.63) is 0 Å². The summed E-state index contributed by atoms with van der Waals surface area (Å²) in [6.07, 6.45) is -11.8. The molecule has 3 nitrogen and oxygen atoms in total. The van der Waals surface area contributed by atoms with E-state index in [1.807, 2.05) is 0 Å². The number of alkyl halides is 9. The van der Waals surface area contributed by atoms with Crippen molar-refractivity contribution in [1.82, 2.24) is 0 Å². The number of hydrogen-bond donors (Lipinski definition) is 0. The van der Waals surface area contributed by atoms with Crippen LogP contribution in [0, 0.1) is 0 Å². The van der Waals surface area contributed by atoms with E-state index in [1.165, 1.54) is 0 Å². The second kappa shape index (κ2) is 7.26. The van der Waals surface area contributed by atoms with Gasteiger partial charge in [0.25, 0.3) is 36.8 Å². The summed E-state index contributed by atoms with van der Waals surface area (Å²) in [7, 11) is -3.24. The molecule has 0 aromatic carbocycles. The molecule has 22 heavy (non-hydrogen) atoms. The van der Waals surface area contributed by atoms with Crippen molar-refractivity contribution in [1.29, 1.82) is 0 Å². The first-order valence-electron chi connectivity index (χ1n) is 5.56. The Bertz CT molecular complexity index is 299. The van der Waals surface area contributed by atoms with Crippen LogP contribution in [0.2, 0.25) is 0 Å². The lowest BCUT2D eigenvalue weighted by atomic mass is 10.1. The second-order valence-corrected chi connectivity index (χ2v) is 4.50. The van der Waals surface area contributed by atoms with E-state index < -0.39 is 44.2 Å². The molecule has 0 bridgehead atoms. The fraction of sp³-hybridized carbons (Fsp3) is 1.00. The Kier molecular flexibility index (Phi) is 7.03. The van der Waals surface area contributed by atoms with Gasteiger partial charge in [-0.15, -0.1) is 0 Å². The molecule has 3 atom stereocenters. The highest BCUT2D eigenvalue weighted by molar-refractivity contribution is 6.36. The van der Waals surface area contributed by atoms with Crippen molar-refractivity contribution in [3.8, 4) is 0 Å². The Morgan fingerprint density at radius 2 is 0.773 bits per heavy atom. The van der Waals surface area contributed by atoms with Gasteiger partial charge < -0.3 is 14.0 Å². The number of rotatable bonds is 9. The highest BCUT2D eigenvalue weighted by Gasteiger charge is 2.52. The van der Waals surface area contributed by atoms with Crippen molar-refractivity contribution in [2.45, 2.75) is 57.6 Å². The van der Waals surface area contributed by atoms with Gasteiger partial charge in [0.1, 0.15) is 0 Å². The quantitative estimate of drug-likeness (QED) is 0.467. The summed E-state index contributed by atoms with van der Waals surface area (Å²) in [5.41, 5.74) is 0. The normalized spacial score (nSPS) is 20.9. The summed E-state index contributed by atoms with van der Waals surface area (Å²) in [5, 5.41) is 0. The van der Waals surface area contributed by atoms with Crippen LogP contribution in [0.3, 0.4) is 0 Å². The van der Waals surface area contributed by atoms with Crippen LogP contribution >= 0.6 is 0 Å². The molecule has 13 heteroatoms. The topological polar surface area (TPSA) is 27.7 Å². The van der Waals surface area contributed by atoms with Crippen LogP contribution in [0.25, 0.3) is 0 Å². The maximum atomic E-state index is 13.3. The Balaban J connectivity index is 5.25. The molecule has 0 heterocycles. The fourth-order valence-corrected chi connectivity index (χ4v) is 0.791. The largest absolute Gasteiger partial charge is 0.646 e. The molecule has 0 aromatic rings. The molecule has 0 N–H and O–H groups in total. The molecular formula is C9H12BF9O3. The average Bonchev–Trinajstić information content (AvgIpc) is 2.25. The SMILES string of the molecule is CC(F)(OB(OC(C)(F)C(F)F)OC(C)(F)C(F)F)C(F)F. The first kappa shape index (κ1) is 21.3. The van der Waals surface area contributed by atoms with E-state index in [4.69, 9.17) is 0 Å². The minimum Gasteiger partial charge on any atom is -0.349 e. The predicted octanol–water partition coefficient (Wildman–Crippen LogP) is 3.87. The summed E-state index contributed by atoms with van der Waals surface area (Å²) in [4.78, 5) is 0. The van der Waals surface area contributed by atoms with Crippen molar-refractivity contribution in [2.75, 3.05) is 0 Å². The highest BCUT2D eigenvalue weighted by Crippen LogP contribution is 2.31. The smallest absolute Gasteiger partial charge is 0.349 e. The molecule has 0 saturated carbocycles. The molecule has 0 amide bonds. The molecule has 0 aliphatic heterocycles. The molecule has 0 radical (unpaired) electrons. The van der Waals surface area contributed by atoms with E-state index in [2.05, 4.69) is 14.0 Å². The Labute approximate surface area is 119 Å². The molecule has 0 saturated heterocycles. The standard InChI is InChI=1S/C9H12BF9O3/c1-7(17,4(11)12)20-10(21-8(2,18)5(13)14)22-9(3,19)6(15)16/h4-6H,1-3H3. The fourth-order valence-electron chi connectivity index (χ4n) is 0.791. The van der Waals surface area contributed by atoms with Crippen LogP contribution in [0.5, 0.6) is 0 Å². The average molecular weight is 350 g/mol. The van der Waals surface area contributed by atoms with E-state index in [0.717, 1.165) is 0 Å². The lowest BCUT2D eigenvalue weighted by Crippen LogP contribution is -2.51. The number of hydrogen-bond acceptors (Lipinski definition) is 3. The van der Waals surface area contributed by atoms with Crippen LogP contribution in [-0.2, 0) is 14.0 Å². The lowest BCUT2D eigenvalue weighted by molar-refractivity contribution is -0.243. The molecule has 3 unspecified atom stereocenters. The predicted molar refractivity (Wildman–Crippen MR) is 55.6 cm³/mol. The summed E-state index contributed by atoms with van der Waals surface area (Å²) >= 11 is 0. The zero-order valence-electron chi connectivity index (χ0n) is 11.4. The summed E-state index contributed by atoms with van der Waals surface area (Å²) in [6.45, 7) is 0.147. The Morgan fingerprint density at radius 3 is 0.909 bits per heavy atom. The maximum Gasteiger partial charge on any atom is 0.646 e. The molecule has 0 spiro atoms. The first-order valence-corrected chi connectivity index (χ1v) is 5.56. The van der Waals surface area contributed by atoms with Gasteiger partial charge in [-0.05, 0) is 20.8 Å². The van der Waals surface area contributed by atoms with Crippen LogP contribution in [0.1, 0.15) is 20.8 Å². The van der Waals surface area contributed by atoms with Crippen molar-refractivity contribution in [3.63, 3.8) is 0 Å². The van der Waals surface area contributed by atoms with Gasteiger partial charge in [-0.2, -0.15) is 0 Å². The highest BCUT2D eigenvalue weighted by atomic mass is 19.3. The van der Waals surface area contributed by atoms with Gasteiger partial charge in [-0.3, -0.25) is 0 Å². The first-order chi connectivity index (χ1) is 9.62. The second-order valence-electron chi connectivity index (χ2n) is 4.50. The summed E-state index contributed by atoms with van der Waals surface area (Å²) in [6, 6.07) is 0. The third-order valence-electron chi connectivity index (χ3n) is 2.15. The monoisotopic (exact) mass is 350 g/mol. The van der Waals surface area contributed by atoms with Crippen molar-refractivity contribution >= 4 is 7.32 Å². The Morgan fingerprint density at radius 1 is 0.591 bits per heavy atom. The molecule has 0 aromatic heterocycles. The van der Waals surface area contributed by atoms with Crippen LogP contribution < -0.4 is 0 Å². The minimum absolute atomic E-state index is 0.0489. The van der Waals surface area contributed by atoms with E-state index in [0.29, 0.717) is 0 Å². The van der Waals surface area contributed by atoms with Gasteiger partial charge in [0.2, 0.25) is 0 Å². The molecule has 0 aliphatic rings. The van der Waals surface area contributed by atoms with Crippen molar-refractivity contribution < 1.29 is 53.5 Å². The third kappa shape index (κ3) is 6.20. The van der Waals surface area contributed by atoms with Crippen LogP contribution in [0.15, 0.2) is 0 Å². The van der Waals surface area contributed by atoms with E-state index in [1.54, 1.807) is 0 Å². The lowest BCUT2D eigenvalue weighted by Gasteiger charge is -2.31. The summed E-state index contributed by atoms with van der Waals surface area (Å²) < 4.78 is 124. The molecule has 0 fully saturated rings. The van der Waals surface area contributed by atoms with E-state index in [9.17, 15) is 39.5 Å². The van der Waals surface area contributed by atoms with Gasteiger partial charge in [0.15, 0.2) is 0 Å². The van der Waals surface area contributed by atoms with Crippen LogP contribution in [-0.4, -0.2) is 44.2 Å². The Hall–Kier alpha value is -0.685. The zero-order chi connectivity index (χ0) is 17.9. The molecule has 132 valence electrons. The molecular weight excluding hydrogens is 338 g/mol. The summed E-state index contributed by atoms with van der Waals surface area (Å²) in [5.74, 6) is -11.9. The van der Waals surface area contributed by atoms with Gasteiger partial charge in [-0.1, -0.05) is 0 Å². The number of halogens is 9. The van der Waals surface area contributed by atoms with Crippen molar-refractivity contribution in [2.24, 2.45) is 0 Å². The van der Waals surface area contributed by atoms with Gasteiger partial charge >= 0.3 is 7.32 Å². The van der Waals surface area contributed by atoms with Gasteiger partial charge in [-0.25, -0.2) is 39.5 Å². The zero-order valence-corrected chi connectivity index (χ0v) is 11.4. The van der Waals surface area contributed by atoms with Crippen LogP contribution in [0.4, 0.5) is 39.5 Å². The van der Waals surface area contributed by atoms with Gasteiger partial charge in [0.05, 0.1) is 0 Å². The molecule has 0 aliphatic carbocycles. The van der Waals surface area contributed by atoms with E-state index >= 15 is 0 Å². The third-order valence-corrected chi connectivity index (χ3v) is 2.15.